The van der Waals surface area contributed by atoms with E-state index in [0.717, 1.165) is 16.5 Å². The van der Waals surface area contributed by atoms with Crippen molar-refractivity contribution in [2.24, 2.45) is 5.73 Å². The SMILES string of the molecule is NC(=O)NC1(C=O)Cc2ccc(NC(=O)CN3C(=O)[C@@H](NC(=O)c4nccc5ccccc45)CNc4ccccc43)cc2C1. The van der Waals surface area contributed by atoms with Gasteiger partial charge in [0.05, 0.1) is 11.4 Å². The van der Waals surface area contributed by atoms with Crippen LogP contribution in [0.5, 0.6) is 0 Å². The number of rotatable bonds is 7. The first-order valence-corrected chi connectivity index (χ1v) is 14.0. The van der Waals surface area contributed by atoms with Crippen molar-refractivity contribution >= 4 is 57.9 Å². The van der Waals surface area contributed by atoms with Crippen LogP contribution < -0.4 is 31.9 Å². The van der Waals surface area contributed by atoms with E-state index >= 15 is 0 Å². The zero-order valence-corrected chi connectivity index (χ0v) is 23.5. The predicted molar refractivity (Wildman–Crippen MR) is 164 cm³/mol. The second kappa shape index (κ2) is 11.5. The number of aromatic nitrogens is 1. The summed E-state index contributed by atoms with van der Waals surface area (Å²) in [5.41, 5.74) is 7.57. The van der Waals surface area contributed by atoms with Crippen molar-refractivity contribution < 1.29 is 24.0 Å². The van der Waals surface area contributed by atoms with Gasteiger partial charge in [-0.05, 0) is 46.8 Å². The first kappa shape index (κ1) is 28.3. The molecule has 5 amide bonds. The summed E-state index contributed by atoms with van der Waals surface area (Å²) >= 11 is 0. The molecule has 0 fully saturated rings. The lowest BCUT2D eigenvalue weighted by atomic mass is 9.98. The third kappa shape index (κ3) is 5.52. The summed E-state index contributed by atoms with van der Waals surface area (Å²) in [4.78, 5) is 69.4. The fraction of sp³-hybridized carbons (Fsp3) is 0.188. The van der Waals surface area contributed by atoms with Crippen LogP contribution in [0, 0.1) is 0 Å². The highest BCUT2D eigenvalue weighted by molar-refractivity contribution is 6.11. The Morgan fingerprint density at radius 3 is 2.61 bits per heavy atom. The summed E-state index contributed by atoms with van der Waals surface area (Å²) in [6.07, 6.45) is 2.74. The van der Waals surface area contributed by atoms with E-state index in [-0.39, 0.29) is 31.6 Å². The van der Waals surface area contributed by atoms with Crippen LogP contribution in [0.25, 0.3) is 10.8 Å². The van der Waals surface area contributed by atoms with Gasteiger partial charge in [0.2, 0.25) is 5.91 Å². The van der Waals surface area contributed by atoms with Gasteiger partial charge in [0, 0.05) is 36.7 Å². The Balaban J connectivity index is 1.20. The molecule has 2 aliphatic rings. The quantitative estimate of drug-likeness (QED) is 0.205. The molecular formula is C32H29N7O5. The van der Waals surface area contributed by atoms with Gasteiger partial charge in [0.25, 0.3) is 11.8 Å². The first-order chi connectivity index (χ1) is 21.2. The number of hydrogen-bond donors (Lipinski definition) is 5. The van der Waals surface area contributed by atoms with E-state index in [1.54, 1.807) is 54.7 Å². The summed E-state index contributed by atoms with van der Waals surface area (Å²) in [5.74, 6) is -1.44. The van der Waals surface area contributed by atoms with Crippen LogP contribution in [0.3, 0.4) is 0 Å². The van der Waals surface area contributed by atoms with Gasteiger partial charge in [-0.15, -0.1) is 0 Å². The van der Waals surface area contributed by atoms with Gasteiger partial charge in [-0.2, -0.15) is 0 Å². The monoisotopic (exact) mass is 591 g/mol. The van der Waals surface area contributed by atoms with Crippen molar-refractivity contribution in [1.29, 1.82) is 0 Å². The number of hydrogen-bond acceptors (Lipinski definition) is 7. The number of para-hydroxylation sites is 2. The summed E-state index contributed by atoms with van der Waals surface area (Å²) in [5, 5.41) is 12.9. The Morgan fingerprint density at radius 1 is 1.02 bits per heavy atom. The number of fused-ring (bicyclic) bond motifs is 3. The molecule has 0 saturated heterocycles. The highest BCUT2D eigenvalue weighted by Gasteiger charge is 2.38. The van der Waals surface area contributed by atoms with Crippen LogP contribution in [0.2, 0.25) is 0 Å². The van der Waals surface area contributed by atoms with Crippen molar-refractivity contribution in [1.82, 2.24) is 15.6 Å². The zero-order chi connectivity index (χ0) is 30.8. The summed E-state index contributed by atoms with van der Waals surface area (Å²) in [7, 11) is 0. The van der Waals surface area contributed by atoms with Gasteiger partial charge in [0.1, 0.15) is 30.1 Å². The van der Waals surface area contributed by atoms with E-state index in [0.29, 0.717) is 28.7 Å². The van der Waals surface area contributed by atoms with Crippen molar-refractivity contribution in [3.8, 4) is 0 Å². The average Bonchev–Trinajstić information content (AvgIpc) is 3.32. The second-order valence-electron chi connectivity index (χ2n) is 10.9. The van der Waals surface area contributed by atoms with E-state index in [1.807, 2.05) is 24.3 Å². The Hall–Kier alpha value is -5.78. The van der Waals surface area contributed by atoms with E-state index in [1.165, 1.54) is 4.90 Å². The molecule has 0 radical (unpaired) electrons. The molecule has 12 heteroatoms. The molecule has 1 aliphatic carbocycles. The molecule has 0 spiro atoms. The number of amides is 5. The normalized spacial score (nSPS) is 18.8. The molecule has 0 bridgehead atoms. The fourth-order valence-corrected chi connectivity index (χ4v) is 5.84. The molecule has 3 aromatic carbocycles. The minimum atomic E-state index is -1.13. The minimum absolute atomic E-state index is 0.104. The zero-order valence-electron chi connectivity index (χ0n) is 23.5. The summed E-state index contributed by atoms with van der Waals surface area (Å²) < 4.78 is 0. The predicted octanol–water partition coefficient (Wildman–Crippen LogP) is 2.14. The van der Waals surface area contributed by atoms with Gasteiger partial charge in [-0.1, -0.05) is 42.5 Å². The molecule has 4 aromatic rings. The number of benzene rings is 3. The molecule has 2 atom stereocenters. The van der Waals surface area contributed by atoms with E-state index in [9.17, 15) is 24.0 Å². The maximum atomic E-state index is 13.9. The van der Waals surface area contributed by atoms with Crippen molar-refractivity contribution in [2.75, 3.05) is 28.6 Å². The molecule has 44 heavy (non-hydrogen) atoms. The number of anilines is 3. The lowest BCUT2D eigenvalue weighted by Crippen LogP contribution is -2.52. The number of nitrogens with zero attached hydrogens (tertiary/aromatic N) is 2. The van der Waals surface area contributed by atoms with Crippen LogP contribution >= 0.6 is 0 Å². The Kier molecular flexibility index (Phi) is 7.39. The maximum absolute atomic E-state index is 13.9. The van der Waals surface area contributed by atoms with Crippen LogP contribution in [-0.4, -0.2) is 59.7 Å². The Morgan fingerprint density at radius 2 is 1.80 bits per heavy atom. The van der Waals surface area contributed by atoms with Gasteiger partial charge in [-0.3, -0.25) is 24.3 Å². The molecule has 1 aromatic heterocycles. The third-order valence-corrected chi connectivity index (χ3v) is 7.85. The van der Waals surface area contributed by atoms with Gasteiger partial charge in [-0.25, -0.2) is 4.79 Å². The molecule has 222 valence electrons. The standard InChI is InChI=1S/C32H29N7O5/c33-31(44)38-32(18-40)14-20-9-10-22(13-21(20)15-32)36-27(41)17-39-26-8-4-3-7-24(26)35-16-25(30(39)43)37-29(42)28-23-6-2-1-5-19(23)11-12-34-28/h1-13,18,25,35H,14-17H2,(H,36,41)(H,37,42)(H3,33,38,44)/t25-,32?/m0/s1. The molecule has 6 N–H and O–H groups in total. The number of primary amides is 1. The van der Waals surface area contributed by atoms with Crippen molar-refractivity contribution in [3.63, 3.8) is 0 Å². The highest BCUT2D eigenvalue weighted by Crippen LogP contribution is 2.32. The number of pyridine rings is 1. The minimum Gasteiger partial charge on any atom is -0.381 e. The fourth-order valence-electron chi connectivity index (χ4n) is 5.84. The van der Waals surface area contributed by atoms with Crippen LogP contribution in [0.4, 0.5) is 21.9 Å². The third-order valence-electron chi connectivity index (χ3n) is 7.85. The lowest BCUT2D eigenvalue weighted by molar-refractivity contribution is -0.122. The summed E-state index contributed by atoms with van der Waals surface area (Å²) in [6, 6.07) is 19.7. The number of nitrogens with two attached hydrogens (primary N) is 1. The maximum Gasteiger partial charge on any atom is 0.312 e. The molecule has 1 aliphatic heterocycles. The molecule has 12 nitrogen and oxygen atoms in total. The Bertz CT molecular complexity index is 1820. The smallest absolute Gasteiger partial charge is 0.312 e. The van der Waals surface area contributed by atoms with Crippen LogP contribution in [-0.2, 0) is 27.2 Å². The number of carbonyl (C=O) groups excluding carboxylic acids is 5. The molecule has 1 unspecified atom stereocenters. The first-order valence-electron chi connectivity index (χ1n) is 14.0. The topological polar surface area (TPSA) is 176 Å². The highest BCUT2D eigenvalue weighted by atomic mass is 16.2. The van der Waals surface area contributed by atoms with E-state index in [4.69, 9.17) is 5.73 Å². The largest absolute Gasteiger partial charge is 0.381 e. The molecule has 0 saturated carbocycles. The second-order valence-corrected chi connectivity index (χ2v) is 10.9. The molecule has 2 heterocycles. The molecule has 6 rings (SSSR count). The van der Waals surface area contributed by atoms with Gasteiger partial charge >= 0.3 is 6.03 Å². The van der Waals surface area contributed by atoms with Crippen molar-refractivity contribution in [2.45, 2.75) is 24.4 Å². The summed E-state index contributed by atoms with van der Waals surface area (Å²) in [6.45, 7) is -0.220. The number of nitrogens with one attached hydrogen (secondary N) is 4. The van der Waals surface area contributed by atoms with Crippen LogP contribution in [0.1, 0.15) is 21.6 Å². The van der Waals surface area contributed by atoms with Crippen LogP contribution in [0.15, 0.2) is 79.0 Å². The van der Waals surface area contributed by atoms with E-state index in [2.05, 4.69) is 26.3 Å². The van der Waals surface area contributed by atoms with E-state index < -0.39 is 35.3 Å². The lowest BCUT2D eigenvalue weighted by Gasteiger charge is -2.25. The van der Waals surface area contributed by atoms with Gasteiger partial charge in [0.15, 0.2) is 0 Å². The number of aldehydes is 1. The number of carbonyl (C=O) groups is 5. The Labute approximate surface area is 252 Å². The van der Waals surface area contributed by atoms with Gasteiger partial charge < -0.3 is 31.8 Å². The van der Waals surface area contributed by atoms with Crippen molar-refractivity contribution in [3.05, 3.63) is 95.8 Å². The average molecular weight is 592 g/mol. The molecular weight excluding hydrogens is 562 g/mol. The number of urea groups is 1.